The van der Waals surface area contributed by atoms with Crippen LogP contribution in [0.4, 0.5) is 28.4 Å². The van der Waals surface area contributed by atoms with Gasteiger partial charge in [-0.05, 0) is 78.1 Å². The third kappa shape index (κ3) is 4.63. The number of anilines is 5. The van der Waals surface area contributed by atoms with Crippen molar-refractivity contribution in [2.45, 2.75) is 18.4 Å². The van der Waals surface area contributed by atoms with Crippen LogP contribution in [-0.2, 0) is 0 Å². The van der Waals surface area contributed by atoms with Gasteiger partial charge in [0.2, 0.25) is 0 Å². The van der Waals surface area contributed by atoms with Crippen LogP contribution in [0.25, 0.3) is 0 Å². The number of nitrogens with zero attached hydrogens (tertiary/aromatic N) is 1. The first kappa shape index (κ1) is 23.9. The Kier molecular flexibility index (Phi) is 6.34. The number of carbonyl (C=O) groups is 1. The fraction of sp³-hybridized carbons (Fsp3) is 0.182. The van der Waals surface area contributed by atoms with Gasteiger partial charge in [0.1, 0.15) is 0 Å². The molecule has 1 aliphatic heterocycles. The van der Waals surface area contributed by atoms with E-state index < -0.39 is 0 Å². The first-order chi connectivity index (χ1) is 18.6. The highest BCUT2D eigenvalue weighted by Crippen LogP contribution is 2.50. The van der Waals surface area contributed by atoms with Crippen molar-refractivity contribution in [2.75, 3.05) is 34.9 Å². The van der Waals surface area contributed by atoms with Gasteiger partial charge in [-0.1, -0.05) is 54.6 Å². The number of hydrogen-bond donors (Lipinski definition) is 3. The molecule has 0 spiro atoms. The molecule has 0 bridgehead atoms. The predicted octanol–water partition coefficient (Wildman–Crippen LogP) is 7.58. The minimum Gasteiger partial charge on any atom is -0.378 e. The van der Waals surface area contributed by atoms with E-state index in [1.165, 1.54) is 16.8 Å². The van der Waals surface area contributed by atoms with E-state index in [0.29, 0.717) is 17.4 Å². The molecule has 3 atom stereocenters. The Hall–Kier alpha value is -4.51. The van der Waals surface area contributed by atoms with Crippen LogP contribution in [-0.4, -0.2) is 20.0 Å². The summed E-state index contributed by atoms with van der Waals surface area (Å²) in [5, 5.41) is 10.3. The van der Waals surface area contributed by atoms with Gasteiger partial charge in [0, 0.05) is 42.8 Å². The van der Waals surface area contributed by atoms with Crippen LogP contribution in [0.1, 0.15) is 39.9 Å². The van der Waals surface area contributed by atoms with E-state index in [0.717, 1.165) is 29.2 Å². The Morgan fingerprint density at radius 2 is 1.53 bits per heavy atom. The molecule has 1 heterocycles. The topological polar surface area (TPSA) is 56.4 Å². The molecular weight excluding hydrogens is 468 g/mol. The minimum absolute atomic E-state index is 0.111. The predicted molar refractivity (Wildman–Crippen MR) is 158 cm³/mol. The van der Waals surface area contributed by atoms with Crippen LogP contribution in [0.2, 0.25) is 0 Å². The van der Waals surface area contributed by atoms with E-state index in [1.54, 1.807) is 0 Å². The maximum absolute atomic E-state index is 13.5. The molecule has 1 amide bonds. The van der Waals surface area contributed by atoms with Crippen molar-refractivity contribution in [3.05, 3.63) is 126 Å². The summed E-state index contributed by atoms with van der Waals surface area (Å²) in [5.41, 5.74) is 7.97. The molecule has 2 aliphatic rings. The molecule has 5 heteroatoms. The Balaban J connectivity index is 1.24. The molecule has 190 valence electrons. The van der Waals surface area contributed by atoms with Crippen molar-refractivity contribution < 1.29 is 4.79 Å². The molecule has 0 fully saturated rings. The number of benzene rings is 4. The number of fused-ring (bicyclic) bond motifs is 3. The Morgan fingerprint density at radius 3 is 2.26 bits per heavy atom. The van der Waals surface area contributed by atoms with Crippen molar-refractivity contribution in [1.82, 2.24) is 0 Å². The minimum atomic E-state index is -0.111. The second-order valence-corrected chi connectivity index (χ2v) is 10.3. The molecule has 0 aromatic heterocycles. The van der Waals surface area contributed by atoms with E-state index in [1.807, 2.05) is 66.7 Å². The maximum atomic E-state index is 13.5. The van der Waals surface area contributed by atoms with Gasteiger partial charge in [0.15, 0.2) is 0 Å². The summed E-state index contributed by atoms with van der Waals surface area (Å²) in [7, 11) is 4.11. The second-order valence-electron chi connectivity index (χ2n) is 10.3. The van der Waals surface area contributed by atoms with Gasteiger partial charge in [-0.25, -0.2) is 0 Å². The lowest BCUT2D eigenvalue weighted by Gasteiger charge is -2.38. The highest BCUT2D eigenvalue weighted by Gasteiger charge is 2.39. The molecule has 0 saturated heterocycles. The third-order valence-electron chi connectivity index (χ3n) is 7.62. The zero-order valence-electron chi connectivity index (χ0n) is 21.7. The Labute approximate surface area is 224 Å². The summed E-state index contributed by atoms with van der Waals surface area (Å²) < 4.78 is 0. The summed E-state index contributed by atoms with van der Waals surface area (Å²) >= 11 is 0. The molecule has 4 aromatic rings. The standard InChI is InChI=1S/C33H32N4O/c1-37(2)26-20-14-22(15-21-26)31-28-11-6-10-27(28)29-12-7-13-30(32(29)36-31)33(38)35-25-18-16-24(17-19-25)34-23-8-4-3-5-9-23/h3-10,12-21,27-28,31,34,36H,11H2,1-2H3,(H,35,38). The Bertz CT molecular complexity index is 1460. The SMILES string of the molecule is CN(C)c1ccc(C2Nc3c(C(=O)Nc4ccc(Nc5ccccc5)cc4)cccc3C3C=CCC32)cc1. The summed E-state index contributed by atoms with van der Waals surface area (Å²) in [4.78, 5) is 15.6. The van der Waals surface area contributed by atoms with Gasteiger partial charge in [-0.3, -0.25) is 4.79 Å². The van der Waals surface area contributed by atoms with Crippen molar-refractivity contribution in [1.29, 1.82) is 0 Å². The van der Waals surface area contributed by atoms with E-state index in [4.69, 9.17) is 0 Å². The zero-order chi connectivity index (χ0) is 26.1. The number of hydrogen-bond acceptors (Lipinski definition) is 4. The lowest BCUT2D eigenvalue weighted by atomic mass is 9.76. The van der Waals surface area contributed by atoms with Crippen molar-refractivity contribution >= 4 is 34.3 Å². The molecule has 5 nitrogen and oxygen atoms in total. The highest BCUT2D eigenvalue weighted by atomic mass is 16.1. The quantitative estimate of drug-likeness (QED) is 0.239. The van der Waals surface area contributed by atoms with E-state index >= 15 is 0 Å². The number of allylic oxidation sites excluding steroid dienone is 2. The average Bonchev–Trinajstić information content (AvgIpc) is 3.44. The number of amides is 1. The number of para-hydroxylation sites is 2. The number of carbonyl (C=O) groups excluding carboxylic acids is 1. The van der Waals surface area contributed by atoms with E-state index in [9.17, 15) is 4.79 Å². The highest BCUT2D eigenvalue weighted by molar-refractivity contribution is 6.08. The molecule has 3 N–H and O–H groups in total. The summed E-state index contributed by atoms with van der Waals surface area (Å²) in [6.07, 6.45) is 5.62. The summed E-state index contributed by atoms with van der Waals surface area (Å²) in [5.74, 6) is 0.608. The van der Waals surface area contributed by atoms with Crippen LogP contribution in [0.5, 0.6) is 0 Å². The van der Waals surface area contributed by atoms with Gasteiger partial charge < -0.3 is 20.9 Å². The molecule has 38 heavy (non-hydrogen) atoms. The van der Waals surface area contributed by atoms with Crippen molar-refractivity contribution in [2.24, 2.45) is 5.92 Å². The fourth-order valence-electron chi connectivity index (χ4n) is 5.64. The van der Waals surface area contributed by atoms with Gasteiger partial charge in [-0.15, -0.1) is 0 Å². The molecule has 0 saturated carbocycles. The fourth-order valence-corrected chi connectivity index (χ4v) is 5.64. The molecular formula is C33H32N4O. The number of rotatable bonds is 6. The van der Waals surface area contributed by atoms with E-state index in [-0.39, 0.29) is 11.9 Å². The zero-order valence-corrected chi connectivity index (χ0v) is 21.7. The molecule has 4 aromatic carbocycles. The van der Waals surface area contributed by atoms with Crippen LogP contribution < -0.4 is 20.9 Å². The first-order valence-corrected chi connectivity index (χ1v) is 13.1. The molecule has 6 rings (SSSR count). The van der Waals surface area contributed by atoms with Crippen molar-refractivity contribution in [3.63, 3.8) is 0 Å². The van der Waals surface area contributed by atoms with E-state index in [2.05, 4.69) is 77.4 Å². The average molecular weight is 501 g/mol. The van der Waals surface area contributed by atoms with Crippen molar-refractivity contribution in [3.8, 4) is 0 Å². The van der Waals surface area contributed by atoms with Gasteiger partial charge in [0.05, 0.1) is 17.3 Å². The van der Waals surface area contributed by atoms with Crippen LogP contribution in [0.3, 0.4) is 0 Å². The Morgan fingerprint density at radius 1 is 0.816 bits per heavy atom. The molecule has 3 unspecified atom stereocenters. The molecule has 1 aliphatic carbocycles. The van der Waals surface area contributed by atoms with Gasteiger partial charge >= 0.3 is 0 Å². The van der Waals surface area contributed by atoms with Crippen LogP contribution in [0, 0.1) is 5.92 Å². The lowest BCUT2D eigenvalue weighted by molar-refractivity contribution is 0.102. The van der Waals surface area contributed by atoms with Gasteiger partial charge in [0.25, 0.3) is 5.91 Å². The number of nitrogens with one attached hydrogen (secondary N) is 3. The smallest absolute Gasteiger partial charge is 0.257 e. The summed E-state index contributed by atoms with van der Waals surface area (Å²) in [6.45, 7) is 0. The molecule has 0 radical (unpaired) electrons. The van der Waals surface area contributed by atoms with Crippen LogP contribution >= 0.6 is 0 Å². The lowest BCUT2D eigenvalue weighted by Crippen LogP contribution is -2.31. The van der Waals surface area contributed by atoms with Gasteiger partial charge in [-0.2, -0.15) is 0 Å². The van der Waals surface area contributed by atoms with Crippen LogP contribution in [0.15, 0.2) is 109 Å². The largest absolute Gasteiger partial charge is 0.378 e. The third-order valence-corrected chi connectivity index (χ3v) is 7.62. The second kappa shape index (κ2) is 10.1. The summed E-state index contributed by atoms with van der Waals surface area (Å²) in [6, 6.07) is 32.8. The monoisotopic (exact) mass is 500 g/mol. The normalized spacial score (nSPS) is 19.2. The first-order valence-electron chi connectivity index (χ1n) is 13.1. The maximum Gasteiger partial charge on any atom is 0.257 e.